The summed E-state index contributed by atoms with van der Waals surface area (Å²) in [6.45, 7) is 0.907. The van der Waals surface area contributed by atoms with Gasteiger partial charge in [0.1, 0.15) is 0 Å². The Morgan fingerprint density at radius 2 is 2.06 bits per heavy atom. The highest BCUT2D eigenvalue weighted by atomic mass is 15.1. The Bertz CT molecular complexity index is 688. The molecule has 4 rings (SSSR count). The monoisotopic (exact) mass is 237 g/mol. The molecule has 1 saturated carbocycles. The third-order valence-electron chi connectivity index (χ3n) is 3.70. The van der Waals surface area contributed by atoms with Gasteiger partial charge < -0.3 is 9.13 Å². The van der Waals surface area contributed by atoms with E-state index >= 15 is 0 Å². The molecule has 1 aliphatic carbocycles. The molecule has 1 fully saturated rings. The zero-order chi connectivity index (χ0) is 11.9. The number of imidazole rings is 1. The van der Waals surface area contributed by atoms with E-state index in [1.165, 1.54) is 29.4 Å². The molecule has 1 aromatic carbocycles. The van der Waals surface area contributed by atoms with Crippen molar-refractivity contribution < 1.29 is 0 Å². The zero-order valence-electron chi connectivity index (χ0n) is 10.2. The predicted molar refractivity (Wildman–Crippen MR) is 71.5 cm³/mol. The molecule has 3 aromatic rings. The first-order chi connectivity index (χ1) is 8.92. The van der Waals surface area contributed by atoms with Crippen LogP contribution in [0, 0.1) is 0 Å². The minimum absolute atomic E-state index is 0.698. The second kappa shape index (κ2) is 3.73. The van der Waals surface area contributed by atoms with Crippen LogP contribution in [-0.2, 0) is 6.54 Å². The smallest absolute Gasteiger partial charge is 0.0951 e. The zero-order valence-corrected chi connectivity index (χ0v) is 10.2. The first-order valence-corrected chi connectivity index (χ1v) is 6.46. The summed E-state index contributed by atoms with van der Waals surface area (Å²) in [5, 5.41) is 1.30. The van der Waals surface area contributed by atoms with Crippen LogP contribution in [0.5, 0.6) is 0 Å². The van der Waals surface area contributed by atoms with E-state index in [0.717, 1.165) is 6.54 Å². The van der Waals surface area contributed by atoms with Crippen molar-refractivity contribution in [1.82, 2.24) is 14.1 Å². The highest BCUT2D eigenvalue weighted by molar-refractivity contribution is 5.79. The van der Waals surface area contributed by atoms with E-state index in [4.69, 9.17) is 0 Å². The summed E-state index contributed by atoms with van der Waals surface area (Å²) in [6.07, 6.45) is 8.73. The Morgan fingerprint density at radius 3 is 2.94 bits per heavy atom. The number of fused-ring (bicyclic) bond motifs is 1. The van der Waals surface area contributed by atoms with Crippen LogP contribution in [-0.4, -0.2) is 14.1 Å². The normalized spacial score (nSPS) is 15.3. The van der Waals surface area contributed by atoms with Crippen molar-refractivity contribution in [3.05, 3.63) is 54.7 Å². The van der Waals surface area contributed by atoms with E-state index in [2.05, 4.69) is 50.6 Å². The van der Waals surface area contributed by atoms with Crippen molar-refractivity contribution in [1.29, 1.82) is 0 Å². The lowest BCUT2D eigenvalue weighted by molar-refractivity contribution is 0.665. The van der Waals surface area contributed by atoms with E-state index < -0.39 is 0 Å². The van der Waals surface area contributed by atoms with Gasteiger partial charge in [-0.2, -0.15) is 0 Å². The van der Waals surface area contributed by atoms with Gasteiger partial charge in [0.25, 0.3) is 0 Å². The van der Waals surface area contributed by atoms with Gasteiger partial charge in [0.15, 0.2) is 0 Å². The van der Waals surface area contributed by atoms with Crippen molar-refractivity contribution in [2.75, 3.05) is 0 Å². The molecule has 0 amide bonds. The van der Waals surface area contributed by atoms with Crippen LogP contribution in [0.3, 0.4) is 0 Å². The van der Waals surface area contributed by atoms with Gasteiger partial charge in [-0.3, -0.25) is 0 Å². The molecule has 0 bridgehead atoms. The Morgan fingerprint density at radius 1 is 1.17 bits per heavy atom. The molecule has 3 nitrogen and oxygen atoms in total. The molecule has 90 valence electrons. The molecule has 3 heteroatoms. The average molecular weight is 237 g/mol. The third-order valence-corrected chi connectivity index (χ3v) is 3.70. The van der Waals surface area contributed by atoms with Crippen LogP contribution < -0.4 is 0 Å². The Kier molecular flexibility index (Phi) is 2.06. The van der Waals surface area contributed by atoms with Gasteiger partial charge in [0.2, 0.25) is 0 Å². The number of hydrogen-bond donors (Lipinski definition) is 0. The van der Waals surface area contributed by atoms with Crippen LogP contribution >= 0.6 is 0 Å². The first-order valence-electron chi connectivity index (χ1n) is 6.46. The number of aromatic nitrogens is 3. The minimum Gasteiger partial charge on any atom is -0.341 e. The number of rotatable bonds is 3. The molecule has 0 N–H and O–H groups in total. The largest absolute Gasteiger partial charge is 0.341 e. The Labute approximate surface area is 106 Å². The fourth-order valence-electron chi connectivity index (χ4n) is 2.59. The van der Waals surface area contributed by atoms with E-state index in [1.54, 1.807) is 0 Å². The van der Waals surface area contributed by atoms with E-state index in [9.17, 15) is 0 Å². The standard InChI is InChI=1S/C15H15N3/c1-2-4-15-12(3-1)7-8-17(15)10-14-9-16-11-18(14)13-5-6-13/h1-4,7-9,11,13H,5-6,10H2. The maximum absolute atomic E-state index is 4.29. The van der Waals surface area contributed by atoms with Gasteiger partial charge >= 0.3 is 0 Å². The summed E-state index contributed by atoms with van der Waals surface area (Å²) in [5.41, 5.74) is 2.60. The number of hydrogen-bond acceptors (Lipinski definition) is 1. The number of para-hydroxylation sites is 1. The van der Waals surface area contributed by atoms with Gasteiger partial charge in [0.05, 0.1) is 18.6 Å². The van der Waals surface area contributed by atoms with Crippen LogP contribution in [0.1, 0.15) is 24.6 Å². The molecule has 0 radical (unpaired) electrons. The maximum Gasteiger partial charge on any atom is 0.0951 e. The van der Waals surface area contributed by atoms with Gasteiger partial charge in [-0.1, -0.05) is 18.2 Å². The highest BCUT2D eigenvalue weighted by Gasteiger charge is 2.25. The summed E-state index contributed by atoms with van der Waals surface area (Å²) in [4.78, 5) is 4.29. The average Bonchev–Trinajstić information content (AvgIpc) is 3.01. The topological polar surface area (TPSA) is 22.8 Å². The molecule has 18 heavy (non-hydrogen) atoms. The van der Waals surface area contributed by atoms with Crippen molar-refractivity contribution in [2.24, 2.45) is 0 Å². The quantitative estimate of drug-likeness (QED) is 0.685. The molecule has 2 heterocycles. The van der Waals surface area contributed by atoms with E-state index in [1.807, 2.05) is 12.5 Å². The molecule has 0 unspecified atom stereocenters. The molecule has 2 aromatic heterocycles. The van der Waals surface area contributed by atoms with Crippen molar-refractivity contribution in [3.63, 3.8) is 0 Å². The second-order valence-electron chi connectivity index (χ2n) is 5.03. The van der Waals surface area contributed by atoms with Gasteiger partial charge in [0, 0.05) is 24.0 Å². The predicted octanol–water partition coefficient (Wildman–Crippen LogP) is 3.22. The molecule has 0 spiro atoms. The number of nitrogens with zero attached hydrogens (tertiary/aromatic N) is 3. The SMILES string of the molecule is c1ccc2c(c1)ccn2Cc1cncn1C1CC1. The maximum atomic E-state index is 4.29. The lowest BCUT2D eigenvalue weighted by atomic mass is 10.2. The summed E-state index contributed by atoms with van der Waals surface area (Å²) in [6, 6.07) is 11.4. The Balaban J connectivity index is 1.73. The number of benzene rings is 1. The fourth-order valence-corrected chi connectivity index (χ4v) is 2.59. The van der Waals surface area contributed by atoms with Crippen LogP contribution in [0.2, 0.25) is 0 Å². The molecular formula is C15H15N3. The van der Waals surface area contributed by atoms with E-state index in [-0.39, 0.29) is 0 Å². The highest BCUT2D eigenvalue weighted by Crippen LogP contribution is 2.35. The lowest BCUT2D eigenvalue weighted by Gasteiger charge is -2.08. The summed E-state index contributed by atoms with van der Waals surface area (Å²) in [5.74, 6) is 0. The summed E-state index contributed by atoms with van der Waals surface area (Å²) >= 11 is 0. The van der Waals surface area contributed by atoms with Crippen LogP contribution in [0.15, 0.2) is 49.1 Å². The third kappa shape index (κ3) is 1.55. The van der Waals surface area contributed by atoms with Gasteiger partial charge in [-0.15, -0.1) is 0 Å². The summed E-state index contributed by atoms with van der Waals surface area (Å²) in [7, 11) is 0. The molecule has 0 aliphatic heterocycles. The second-order valence-corrected chi connectivity index (χ2v) is 5.03. The van der Waals surface area contributed by atoms with Crippen molar-refractivity contribution in [2.45, 2.75) is 25.4 Å². The van der Waals surface area contributed by atoms with Crippen LogP contribution in [0.25, 0.3) is 10.9 Å². The molecular weight excluding hydrogens is 222 g/mol. The van der Waals surface area contributed by atoms with Crippen LogP contribution in [0.4, 0.5) is 0 Å². The van der Waals surface area contributed by atoms with Gasteiger partial charge in [-0.05, 0) is 30.4 Å². The molecule has 0 atom stereocenters. The van der Waals surface area contributed by atoms with E-state index in [0.29, 0.717) is 6.04 Å². The summed E-state index contributed by atoms with van der Waals surface area (Å²) < 4.78 is 4.62. The van der Waals surface area contributed by atoms with Gasteiger partial charge in [-0.25, -0.2) is 4.98 Å². The lowest BCUT2D eigenvalue weighted by Crippen LogP contribution is -2.04. The minimum atomic E-state index is 0.698. The van der Waals surface area contributed by atoms with Crippen molar-refractivity contribution >= 4 is 10.9 Å². The first kappa shape index (κ1) is 9.95. The van der Waals surface area contributed by atoms with Crippen molar-refractivity contribution in [3.8, 4) is 0 Å². The fraction of sp³-hybridized carbons (Fsp3) is 0.267. The Hall–Kier alpha value is -2.03. The molecule has 0 saturated heterocycles. The molecule has 1 aliphatic rings.